The summed E-state index contributed by atoms with van der Waals surface area (Å²) < 4.78 is 25.3. The van der Waals surface area contributed by atoms with E-state index in [0.717, 1.165) is 16.5 Å². The molecule has 0 aliphatic heterocycles. The van der Waals surface area contributed by atoms with Crippen LogP contribution in [-0.2, 0) is 13.2 Å². The van der Waals surface area contributed by atoms with E-state index in [4.69, 9.17) is 14.9 Å². The van der Waals surface area contributed by atoms with Crippen molar-refractivity contribution in [2.45, 2.75) is 13.2 Å². The standard InChI is InChI=1S/C16H13BrFNO2/c17-10-5-11(18)7-12(6-10)20-9-16-14(8-19)13-3-1-2-4-15(13)21-16/h1-7H,8-9,19H2. The molecule has 0 amide bonds. The number of halogens is 2. The number of hydrogen-bond donors (Lipinski definition) is 1. The normalized spacial score (nSPS) is 11.0. The maximum absolute atomic E-state index is 13.3. The maximum atomic E-state index is 13.3. The molecule has 1 aromatic heterocycles. The third-order valence-electron chi connectivity index (χ3n) is 3.19. The van der Waals surface area contributed by atoms with Crippen LogP contribution in [-0.4, -0.2) is 0 Å². The summed E-state index contributed by atoms with van der Waals surface area (Å²) in [6, 6.07) is 12.1. The first kappa shape index (κ1) is 14.1. The highest BCUT2D eigenvalue weighted by molar-refractivity contribution is 9.10. The van der Waals surface area contributed by atoms with Gasteiger partial charge in [-0.15, -0.1) is 0 Å². The van der Waals surface area contributed by atoms with Crippen molar-refractivity contribution < 1.29 is 13.5 Å². The molecule has 3 aromatic rings. The van der Waals surface area contributed by atoms with Crippen LogP contribution in [0.3, 0.4) is 0 Å². The molecule has 108 valence electrons. The lowest BCUT2D eigenvalue weighted by Crippen LogP contribution is -2.02. The Kier molecular flexibility index (Phi) is 3.94. The highest BCUT2D eigenvalue weighted by Gasteiger charge is 2.13. The molecule has 0 saturated heterocycles. The molecule has 3 rings (SSSR count). The van der Waals surface area contributed by atoms with Crippen molar-refractivity contribution in [3.63, 3.8) is 0 Å². The minimum atomic E-state index is -0.358. The number of fused-ring (bicyclic) bond motifs is 1. The van der Waals surface area contributed by atoms with Gasteiger partial charge in [0.1, 0.15) is 29.5 Å². The monoisotopic (exact) mass is 349 g/mol. The van der Waals surface area contributed by atoms with Crippen molar-refractivity contribution in [1.29, 1.82) is 0 Å². The van der Waals surface area contributed by atoms with Crippen LogP contribution in [0.25, 0.3) is 11.0 Å². The summed E-state index contributed by atoms with van der Waals surface area (Å²) in [6.45, 7) is 0.569. The number of benzene rings is 2. The topological polar surface area (TPSA) is 48.4 Å². The van der Waals surface area contributed by atoms with Gasteiger partial charge in [-0.3, -0.25) is 0 Å². The van der Waals surface area contributed by atoms with Crippen LogP contribution in [0.2, 0.25) is 0 Å². The number of furan rings is 1. The second kappa shape index (κ2) is 5.87. The lowest BCUT2D eigenvalue weighted by atomic mass is 10.1. The third-order valence-corrected chi connectivity index (χ3v) is 3.65. The highest BCUT2D eigenvalue weighted by Crippen LogP contribution is 2.27. The maximum Gasteiger partial charge on any atom is 0.147 e. The molecular formula is C16H13BrFNO2. The molecule has 0 radical (unpaired) electrons. The number of rotatable bonds is 4. The molecule has 0 fully saturated rings. The molecule has 0 aliphatic rings. The average molecular weight is 350 g/mol. The first-order valence-electron chi connectivity index (χ1n) is 6.45. The molecule has 2 aromatic carbocycles. The van der Waals surface area contributed by atoms with E-state index in [1.54, 1.807) is 6.07 Å². The van der Waals surface area contributed by atoms with Crippen LogP contribution in [0.5, 0.6) is 5.75 Å². The van der Waals surface area contributed by atoms with Crippen LogP contribution in [0.4, 0.5) is 4.39 Å². The Hall–Kier alpha value is -1.85. The minimum absolute atomic E-state index is 0.205. The van der Waals surface area contributed by atoms with Gasteiger partial charge in [-0.25, -0.2) is 4.39 Å². The molecule has 1 heterocycles. The number of hydrogen-bond acceptors (Lipinski definition) is 3. The molecule has 2 N–H and O–H groups in total. The molecule has 0 atom stereocenters. The van der Waals surface area contributed by atoms with Crippen LogP contribution in [0, 0.1) is 5.82 Å². The number of para-hydroxylation sites is 1. The lowest BCUT2D eigenvalue weighted by Gasteiger charge is -2.06. The van der Waals surface area contributed by atoms with Gasteiger partial charge in [0, 0.05) is 28.0 Å². The third kappa shape index (κ3) is 2.94. The Bertz CT molecular complexity index is 765. The smallest absolute Gasteiger partial charge is 0.147 e. The van der Waals surface area contributed by atoms with E-state index in [1.807, 2.05) is 24.3 Å². The molecule has 5 heteroatoms. The largest absolute Gasteiger partial charge is 0.485 e. The number of ether oxygens (including phenoxy) is 1. The van der Waals surface area contributed by atoms with Crippen molar-refractivity contribution in [2.24, 2.45) is 5.73 Å². The van der Waals surface area contributed by atoms with Crippen molar-refractivity contribution in [3.8, 4) is 5.75 Å². The quantitative estimate of drug-likeness (QED) is 0.760. The average Bonchev–Trinajstić information content (AvgIpc) is 2.81. The molecule has 0 unspecified atom stereocenters. The van der Waals surface area contributed by atoms with Gasteiger partial charge >= 0.3 is 0 Å². The zero-order valence-corrected chi connectivity index (χ0v) is 12.7. The molecule has 0 spiro atoms. The van der Waals surface area contributed by atoms with Gasteiger partial charge in [-0.2, -0.15) is 0 Å². The Morgan fingerprint density at radius 2 is 2.00 bits per heavy atom. The zero-order chi connectivity index (χ0) is 14.8. The van der Waals surface area contributed by atoms with Gasteiger partial charge in [0.25, 0.3) is 0 Å². The highest BCUT2D eigenvalue weighted by atomic mass is 79.9. The summed E-state index contributed by atoms with van der Waals surface area (Å²) in [5.74, 6) is 0.743. The predicted octanol–water partition coefficient (Wildman–Crippen LogP) is 4.37. The Labute approximate surface area is 129 Å². The fraction of sp³-hybridized carbons (Fsp3) is 0.125. The summed E-state index contributed by atoms with van der Waals surface area (Å²) in [7, 11) is 0. The van der Waals surface area contributed by atoms with E-state index in [-0.39, 0.29) is 12.4 Å². The SMILES string of the molecule is NCc1c(COc2cc(F)cc(Br)c2)oc2ccccc12. The summed E-state index contributed by atoms with van der Waals surface area (Å²) in [4.78, 5) is 0. The molecule has 3 nitrogen and oxygen atoms in total. The minimum Gasteiger partial charge on any atom is -0.485 e. The Balaban J connectivity index is 1.88. The van der Waals surface area contributed by atoms with Crippen molar-refractivity contribution in [3.05, 3.63) is 64.1 Å². The van der Waals surface area contributed by atoms with Crippen molar-refractivity contribution in [1.82, 2.24) is 0 Å². The fourth-order valence-corrected chi connectivity index (χ4v) is 2.69. The van der Waals surface area contributed by atoms with E-state index in [1.165, 1.54) is 12.1 Å². The van der Waals surface area contributed by atoms with Gasteiger partial charge in [-0.1, -0.05) is 34.1 Å². The lowest BCUT2D eigenvalue weighted by molar-refractivity contribution is 0.271. The van der Waals surface area contributed by atoms with E-state index < -0.39 is 0 Å². The van der Waals surface area contributed by atoms with Crippen molar-refractivity contribution >= 4 is 26.9 Å². The van der Waals surface area contributed by atoms with E-state index >= 15 is 0 Å². The second-order valence-electron chi connectivity index (χ2n) is 4.60. The van der Waals surface area contributed by atoms with E-state index in [2.05, 4.69) is 15.9 Å². The van der Waals surface area contributed by atoms with E-state index in [9.17, 15) is 4.39 Å². The van der Waals surface area contributed by atoms with Crippen LogP contribution >= 0.6 is 15.9 Å². The van der Waals surface area contributed by atoms with Gasteiger partial charge < -0.3 is 14.9 Å². The second-order valence-corrected chi connectivity index (χ2v) is 5.51. The predicted molar refractivity (Wildman–Crippen MR) is 82.5 cm³/mol. The van der Waals surface area contributed by atoms with Gasteiger partial charge in [0.15, 0.2) is 0 Å². The summed E-state index contributed by atoms with van der Waals surface area (Å²) >= 11 is 3.23. The van der Waals surface area contributed by atoms with Gasteiger partial charge in [0.2, 0.25) is 0 Å². The number of nitrogens with two attached hydrogens (primary N) is 1. The van der Waals surface area contributed by atoms with Gasteiger partial charge in [0.05, 0.1) is 0 Å². The van der Waals surface area contributed by atoms with Gasteiger partial charge in [-0.05, 0) is 18.2 Å². The molecule has 0 saturated carbocycles. The Morgan fingerprint density at radius 3 is 2.76 bits per heavy atom. The van der Waals surface area contributed by atoms with Crippen LogP contribution < -0.4 is 10.5 Å². The first-order chi connectivity index (χ1) is 10.2. The summed E-state index contributed by atoms with van der Waals surface area (Å²) in [5, 5.41) is 0.985. The zero-order valence-electron chi connectivity index (χ0n) is 11.1. The van der Waals surface area contributed by atoms with Crippen molar-refractivity contribution in [2.75, 3.05) is 0 Å². The fourth-order valence-electron chi connectivity index (χ4n) is 2.25. The molecule has 0 aliphatic carbocycles. The molecule has 21 heavy (non-hydrogen) atoms. The Morgan fingerprint density at radius 1 is 1.19 bits per heavy atom. The van der Waals surface area contributed by atoms with Crippen LogP contribution in [0.15, 0.2) is 51.4 Å². The summed E-state index contributed by atoms with van der Waals surface area (Å²) in [5.41, 5.74) is 7.49. The summed E-state index contributed by atoms with van der Waals surface area (Å²) in [6.07, 6.45) is 0. The van der Waals surface area contributed by atoms with E-state index in [0.29, 0.717) is 22.5 Å². The first-order valence-corrected chi connectivity index (χ1v) is 7.25. The molecule has 0 bridgehead atoms. The van der Waals surface area contributed by atoms with Crippen LogP contribution in [0.1, 0.15) is 11.3 Å². The molecular weight excluding hydrogens is 337 g/mol.